The van der Waals surface area contributed by atoms with Gasteiger partial charge in [0.1, 0.15) is 11.5 Å². The molecule has 0 aliphatic carbocycles. The number of hydrogen-bond donors (Lipinski definition) is 1. The summed E-state index contributed by atoms with van der Waals surface area (Å²) in [6.45, 7) is 7.12. The molecule has 7 nitrogen and oxygen atoms in total. The van der Waals surface area contributed by atoms with Crippen LogP contribution in [0.25, 0.3) is 22.4 Å². The Kier molecular flexibility index (Phi) is 5.77. The predicted molar refractivity (Wildman–Crippen MR) is 120 cm³/mol. The van der Waals surface area contributed by atoms with Gasteiger partial charge in [-0.25, -0.2) is 15.0 Å². The van der Waals surface area contributed by atoms with Crippen molar-refractivity contribution in [2.75, 3.05) is 13.2 Å². The average Bonchev–Trinajstić information content (AvgIpc) is 2.79. The van der Waals surface area contributed by atoms with E-state index in [4.69, 9.17) is 15.2 Å². The molecule has 1 aromatic carbocycles. The normalized spacial score (nSPS) is 11.5. The molecule has 31 heavy (non-hydrogen) atoms. The molecule has 3 heterocycles. The van der Waals surface area contributed by atoms with E-state index < -0.39 is 0 Å². The van der Waals surface area contributed by atoms with Crippen molar-refractivity contribution in [2.45, 2.75) is 20.8 Å². The maximum atomic E-state index is 6.30. The van der Waals surface area contributed by atoms with Crippen molar-refractivity contribution in [3.63, 3.8) is 0 Å². The molecule has 0 amide bonds. The summed E-state index contributed by atoms with van der Waals surface area (Å²) in [7, 11) is 0. The summed E-state index contributed by atoms with van der Waals surface area (Å²) in [6, 6.07) is 13.1. The van der Waals surface area contributed by atoms with Crippen LogP contribution in [0.4, 0.5) is 0 Å². The summed E-state index contributed by atoms with van der Waals surface area (Å²) in [6.07, 6.45) is 5.09. The van der Waals surface area contributed by atoms with E-state index in [1.165, 1.54) is 0 Å². The van der Waals surface area contributed by atoms with Crippen LogP contribution < -0.4 is 15.2 Å². The van der Waals surface area contributed by atoms with Gasteiger partial charge in [0.15, 0.2) is 17.3 Å². The smallest absolute Gasteiger partial charge is 0.181 e. The highest BCUT2D eigenvalue weighted by atomic mass is 16.5. The average molecular weight is 415 g/mol. The summed E-state index contributed by atoms with van der Waals surface area (Å²) in [5.74, 6) is 2.46. The Labute approximate surface area is 181 Å². The summed E-state index contributed by atoms with van der Waals surface area (Å²) in [5.41, 5.74) is 7.95. The predicted octanol–water partition coefficient (Wildman–Crippen LogP) is 4.55. The Bertz CT molecular complexity index is 1200. The van der Waals surface area contributed by atoms with Gasteiger partial charge in [0.05, 0.1) is 12.1 Å². The first-order chi connectivity index (χ1) is 14.9. The molecule has 0 saturated heterocycles. The van der Waals surface area contributed by atoms with E-state index in [0.29, 0.717) is 36.2 Å². The van der Waals surface area contributed by atoms with Crippen molar-refractivity contribution < 1.29 is 9.47 Å². The minimum Gasteiger partial charge on any atom is -0.493 e. The Morgan fingerprint density at radius 3 is 2.52 bits per heavy atom. The van der Waals surface area contributed by atoms with E-state index in [1.54, 1.807) is 24.7 Å². The Morgan fingerprint density at radius 2 is 1.74 bits per heavy atom. The largest absolute Gasteiger partial charge is 0.493 e. The Morgan fingerprint density at radius 1 is 0.935 bits per heavy atom. The molecule has 2 N–H and O–H groups in total. The number of nitrogens with two attached hydrogens (primary N) is 1. The minimum atomic E-state index is -0.110. The lowest BCUT2D eigenvalue weighted by Gasteiger charge is -2.22. The van der Waals surface area contributed by atoms with Crippen LogP contribution in [0.5, 0.6) is 17.2 Å². The van der Waals surface area contributed by atoms with Gasteiger partial charge in [-0.15, -0.1) is 0 Å². The number of benzene rings is 1. The monoisotopic (exact) mass is 415 g/mol. The second-order valence-corrected chi connectivity index (χ2v) is 8.12. The van der Waals surface area contributed by atoms with Crippen LogP contribution >= 0.6 is 0 Å². The van der Waals surface area contributed by atoms with Crippen molar-refractivity contribution in [3.05, 3.63) is 66.7 Å². The lowest BCUT2D eigenvalue weighted by molar-refractivity contribution is 0.187. The zero-order valence-corrected chi connectivity index (χ0v) is 17.9. The van der Waals surface area contributed by atoms with Crippen molar-refractivity contribution in [1.29, 1.82) is 0 Å². The summed E-state index contributed by atoms with van der Waals surface area (Å²) in [4.78, 5) is 17.7. The molecule has 7 heteroatoms. The van der Waals surface area contributed by atoms with E-state index in [2.05, 4.69) is 33.8 Å². The molecule has 0 aliphatic rings. The summed E-state index contributed by atoms with van der Waals surface area (Å²) in [5, 5.41) is 0.839. The van der Waals surface area contributed by atoms with Gasteiger partial charge in [0.25, 0.3) is 0 Å². The van der Waals surface area contributed by atoms with Crippen LogP contribution in [0.2, 0.25) is 0 Å². The van der Waals surface area contributed by atoms with Gasteiger partial charge in [0, 0.05) is 41.6 Å². The van der Waals surface area contributed by atoms with Gasteiger partial charge in [-0.1, -0.05) is 13.8 Å². The first-order valence-corrected chi connectivity index (χ1v) is 10.1. The quantitative estimate of drug-likeness (QED) is 0.473. The fourth-order valence-electron chi connectivity index (χ4n) is 2.94. The molecule has 158 valence electrons. The molecule has 0 atom stereocenters. The number of hydrogen-bond acceptors (Lipinski definition) is 7. The Balaban J connectivity index is 1.70. The molecule has 4 aromatic rings. The zero-order valence-electron chi connectivity index (χ0n) is 17.9. The molecule has 0 unspecified atom stereocenters. The molecule has 0 aliphatic heterocycles. The number of pyridine rings is 2. The standard InChI is InChI=1S/C24H25N5O2/c1-16-5-8-21(22(29-16)23-27-10-4-11-28-23)31-20-9-12-26-19-7-6-17(13-18(19)20)30-15-24(2,3)14-25/h4-13H,14-15,25H2,1-3H3. The maximum absolute atomic E-state index is 6.30. The topological polar surface area (TPSA) is 96.0 Å². The van der Waals surface area contributed by atoms with Crippen LogP contribution in [0.1, 0.15) is 19.5 Å². The molecule has 0 spiro atoms. The fourth-order valence-corrected chi connectivity index (χ4v) is 2.94. The number of fused-ring (bicyclic) bond motifs is 1. The summed E-state index contributed by atoms with van der Waals surface area (Å²) >= 11 is 0. The van der Waals surface area contributed by atoms with E-state index in [-0.39, 0.29) is 5.41 Å². The van der Waals surface area contributed by atoms with Crippen LogP contribution in [-0.4, -0.2) is 33.1 Å². The molecule has 0 radical (unpaired) electrons. The van der Waals surface area contributed by atoms with Crippen molar-refractivity contribution in [2.24, 2.45) is 11.1 Å². The van der Waals surface area contributed by atoms with Crippen LogP contribution in [-0.2, 0) is 0 Å². The minimum absolute atomic E-state index is 0.110. The van der Waals surface area contributed by atoms with Crippen molar-refractivity contribution in [1.82, 2.24) is 19.9 Å². The third kappa shape index (κ3) is 4.78. The highest BCUT2D eigenvalue weighted by Crippen LogP contribution is 2.35. The van der Waals surface area contributed by atoms with Gasteiger partial charge >= 0.3 is 0 Å². The molecule has 0 saturated carbocycles. The van der Waals surface area contributed by atoms with Crippen LogP contribution in [0, 0.1) is 12.3 Å². The fraction of sp³-hybridized carbons (Fsp3) is 0.250. The number of rotatable bonds is 7. The van der Waals surface area contributed by atoms with E-state index >= 15 is 0 Å². The van der Waals surface area contributed by atoms with E-state index in [9.17, 15) is 0 Å². The molecular formula is C24H25N5O2. The second-order valence-electron chi connectivity index (χ2n) is 8.12. The number of aromatic nitrogens is 4. The first-order valence-electron chi connectivity index (χ1n) is 10.1. The Hall–Kier alpha value is -3.58. The number of nitrogens with zero attached hydrogens (tertiary/aromatic N) is 4. The van der Waals surface area contributed by atoms with Gasteiger partial charge in [0.2, 0.25) is 0 Å². The van der Waals surface area contributed by atoms with Gasteiger partial charge in [-0.05, 0) is 49.4 Å². The zero-order chi connectivity index (χ0) is 21.8. The maximum Gasteiger partial charge on any atom is 0.181 e. The highest BCUT2D eigenvalue weighted by molar-refractivity contribution is 5.86. The van der Waals surface area contributed by atoms with E-state index in [1.807, 2.05) is 43.3 Å². The lowest BCUT2D eigenvalue weighted by atomic mass is 9.95. The molecule has 4 rings (SSSR count). The third-order valence-corrected chi connectivity index (χ3v) is 4.85. The molecule has 0 bridgehead atoms. The molecule has 3 aromatic heterocycles. The van der Waals surface area contributed by atoms with Crippen molar-refractivity contribution >= 4 is 10.9 Å². The molecular weight excluding hydrogens is 390 g/mol. The summed E-state index contributed by atoms with van der Waals surface area (Å²) < 4.78 is 12.3. The van der Waals surface area contributed by atoms with Gasteiger partial charge < -0.3 is 15.2 Å². The SMILES string of the molecule is Cc1ccc(Oc2ccnc3ccc(OCC(C)(C)CN)cc23)c(-c2ncccn2)n1. The van der Waals surface area contributed by atoms with Gasteiger partial charge in [-0.3, -0.25) is 4.98 Å². The number of ether oxygens (including phenoxy) is 2. The third-order valence-electron chi connectivity index (χ3n) is 4.85. The highest BCUT2D eigenvalue weighted by Gasteiger charge is 2.17. The second kappa shape index (κ2) is 8.65. The van der Waals surface area contributed by atoms with Crippen LogP contribution in [0.3, 0.4) is 0 Å². The number of aryl methyl sites for hydroxylation is 1. The lowest BCUT2D eigenvalue weighted by Crippen LogP contribution is -2.30. The van der Waals surface area contributed by atoms with Gasteiger partial charge in [-0.2, -0.15) is 0 Å². The van der Waals surface area contributed by atoms with Crippen LogP contribution in [0.15, 0.2) is 61.1 Å². The van der Waals surface area contributed by atoms with Crippen molar-refractivity contribution in [3.8, 4) is 28.8 Å². The van der Waals surface area contributed by atoms with E-state index in [0.717, 1.165) is 22.3 Å². The molecule has 0 fully saturated rings. The first kappa shape index (κ1) is 20.7.